The molecular formula is C19H21N3O3. The number of nitriles is 1. The van der Waals surface area contributed by atoms with Crippen molar-refractivity contribution in [1.82, 2.24) is 9.80 Å². The van der Waals surface area contributed by atoms with Gasteiger partial charge in [-0.15, -0.1) is 0 Å². The minimum absolute atomic E-state index is 0.0278. The summed E-state index contributed by atoms with van der Waals surface area (Å²) in [6.07, 6.45) is 1.10. The zero-order valence-corrected chi connectivity index (χ0v) is 14.2. The molecular weight excluding hydrogens is 318 g/mol. The van der Waals surface area contributed by atoms with E-state index in [2.05, 4.69) is 11.0 Å². The molecule has 1 amide bonds. The summed E-state index contributed by atoms with van der Waals surface area (Å²) >= 11 is 0. The van der Waals surface area contributed by atoms with Gasteiger partial charge in [0.2, 0.25) is 0 Å². The molecule has 3 rings (SSSR count). The second-order valence-corrected chi connectivity index (χ2v) is 6.08. The number of piperazine rings is 1. The highest BCUT2D eigenvalue weighted by Crippen LogP contribution is 2.16. The number of ether oxygens (including phenoxy) is 1. The van der Waals surface area contributed by atoms with Gasteiger partial charge >= 0.3 is 0 Å². The molecule has 2 heterocycles. The van der Waals surface area contributed by atoms with Crippen LogP contribution in [0.4, 0.5) is 0 Å². The highest BCUT2D eigenvalue weighted by Gasteiger charge is 2.26. The predicted octanol–water partition coefficient (Wildman–Crippen LogP) is 2.26. The largest absolute Gasteiger partial charge is 0.481 e. The first kappa shape index (κ1) is 17.1. The third-order valence-electron chi connectivity index (χ3n) is 4.27. The summed E-state index contributed by atoms with van der Waals surface area (Å²) in [6.45, 7) is 5.47. The lowest BCUT2D eigenvalue weighted by Gasteiger charge is -2.35. The molecule has 1 fully saturated rings. The SMILES string of the molecule is CC(Oc1cccc(C#N)c1)C(=O)N1CCN(Cc2ccco2)CC1. The highest BCUT2D eigenvalue weighted by molar-refractivity contribution is 5.81. The third-order valence-corrected chi connectivity index (χ3v) is 4.27. The standard InChI is InChI=1S/C19H21N3O3/c1-15(25-17-5-2-4-16(12-17)13-20)19(23)22-9-7-21(8-10-22)14-18-6-3-11-24-18/h2-6,11-12,15H,7-10,14H2,1H3. The lowest BCUT2D eigenvalue weighted by molar-refractivity contribution is -0.139. The van der Waals surface area contributed by atoms with Crippen molar-refractivity contribution < 1.29 is 13.9 Å². The van der Waals surface area contributed by atoms with Gasteiger partial charge in [0.1, 0.15) is 11.5 Å². The zero-order valence-electron chi connectivity index (χ0n) is 14.2. The molecule has 0 bridgehead atoms. The Morgan fingerprint density at radius 2 is 2.08 bits per heavy atom. The van der Waals surface area contributed by atoms with Crippen molar-refractivity contribution in [1.29, 1.82) is 5.26 Å². The van der Waals surface area contributed by atoms with E-state index in [0.717, 1.165) is 25.4 Å². The maximum Gasteiger partial charge on any atom is 0.263 e. The number of benzene rings is 1. The van der Waals surface area contributed by atoms with Gasteiger partial charge in [-0.3, -0.25) is 9.69 Å². The average Bonchev–Trinajstić information content (AvgIpc) is 3.15. The molecule has 130 valence electrons. The molecule has 0 spiro atoms. The fraction of sp³-hybridized carbons (Fsp3) is 0.368. The van der Waals surface area contributed by atoms with Crippen molar-refractivity contribution in [3.05, 3.63) is 54.0 Å². The molecule has 6 nitrogen and oxygen atoms in total. The van der Waals surface area contributed by atoms with Crippen LogP contribution in [0.5, 0.6) is 5.75 Å². The molecule has 1 aliphatic rings. The fourth-order valence-corrected chi connectivity index (χ4v) is 2.90. The number of hydrogen-bond acceptors (Lipinski definition) is 5. The second kappa shape index (κ2) is 7.86. The molecule has 1 atom stereocenters. The first-order valence-corrected chi connectivity index (χ1v) is 8.36. The Labute approximate surface area is 147 Å². The monoisotopic (exact) mass is 339 g/mol. The van der Waals surface area contributed by atoms with Crippen LogP contribution in [0.3, 0.4) is 0 Å². The van der Waals surface area contributed by atoms with Gasteiger partial charge in [-0.1, -0.05) is 6.07 Å². The van der Waals surface area contributed by atoms with Gasteiger partial charge in [0.15, 0.2) is 6.10 Å². The molecule has 1 aliphatic heterocycles. The van der Waals surface area contributed by atoms with Gasteiger partial charge in [-0.25, -0.2) is 0 Å². The van der Waals surface area contributed by atoms with Crippen molar-refractivity contribution in [3.8, 4) is 11.8 Å². The van der Waals surface area contributed by atoms with Crippen molar-refractivity contribution in [2.75, 3.05) is 26.2 Å². The number of carbonyl (C=O) groups excluding carboxylic acids is 1. The Morgan fingerprint density at radius 1 is 1.28 bits per heavy atom. The predicted molar refractivity (Wildman–Crippen MR) is 91.8 cm³/mol. The van der Waals surface area contributed by atoms with Gasteiger partial charge in [0.25, 0.3) is 5.91 Å². The lowest BCUT2D eigenvalue weighted by Crippen LogP contribution is -2.51. The third kappa shape index (κ3) is 4.40. The molecule has 0 radical (unpaired) electrons. The number of hydrogen-bond donors (Lipinski definition) is 0. The van der Waals surface area contributed by atoms with E-state index in [1.807, 2.05) is 17.0 Å². The number of carbonyl (C=O) groups is 1. The maximum absolute atomic E-state index is 12.6. The van der Waals surface area contributed by atoms with Gasteiger partial charge in [-0.2, -0.15) is 5.26 Å². The first-order chi connectivity index (χ1) is 12.2. The van der Waals surface area contributed by atoms with E-state index in [9.17, 15) is 4.79 Å². The Hall–Kier alpha value is -2.78. The molecule has 0 aliphatic carbocycles. The molecule has 1 unspecified atom stereocenters. The molecule has 1 aromatic heterocycles. The summed E-state index contributed by atoms with van der Waals surface area (Å²) in [4.78, 5) is 16.7. The summed E-state index contributed by atoms with van der Waals surface area (Å²) in [5.74, 6) is 1.45. The molecule has 0 N–H and O–H groups in total. The van der Waals surface area contributed by atoms with Gasteiger partial charge in [-0.05, 0) is 37.3 Å². The number of furan rings is 1. The van der Waals surface area contributed by atoms with Gasteiger partial charge < -0.3 is 14.1 Å². The quantitative estimate of drug-likeness (QED) is 0.836. The van der Waals surface area contributed by atoms with Crippen LogP contribution in [0.15, 0.2) is 47.1 Å². The summed E-state index contributed by atoms with van der Waals surface area (Å²) in [5, 5.41) is 8.93. The minimum Gasteiger partial charge on any atom is -0.481 e. The fourth-order valence-electron chi connectivity index (χ4n) is 2.90. The normalized spacial score (nSPS) is 16.2. The smallest absolute Gasteiger partial charge is 0.263 e. The summed E-state index contributed by atoms with van der Waals surface area (Å²) in [7, 11) is 0. The number of amides is 1. The van der Waals surface area contributed by atoms with E-state index in [0.29, 0.717) is 24.4 Å². The van der Waals surface area contributed by atoms with E-state index >= 15 is 0 Å². The van der Waals surface area contributed by atoms with Crippen molar-refractivity contribution in [2.45, 2.75) is 19.6 Å². The van der Waals surface area contributed by atoms with Crippen molar-refractivity contribution >= 4 is 5.91 Å². The summed E-state index contributed by atoms with van der Waals surface area (Å²) in [6, 6.07) is 12.8. The topological polar surface area (TPSA) is 69.7 Å². The molecule has 0 saturated carbocycles. The molecule has 1 saturated heterocycles. The van der Waals surface area contributed by atoms with Crippen LogP contribution in [0.2, 0.25) is 0 Å². The van der Waals surface area contributed by atoms with Crippen molar-refractivity contribution in [2.24, 2.45) is 0 Å². The van der Waals surface area contributed by atoms with Gasteiger partial charge in [0.05, 0.1) is 24.4 Å². The van der Waals surface area contributed by atoms with E-state index < -0.39 is 6.10 Å². The van der Waals surface area contributed by atoms with E-state index in [1.165, 1.54) is 0 Å². The number of nitrogens with zero attached hydrogens (tertiary/aromatic N) is 3. The van der Waals surface area contributed by atoms with Crippen LogP contribution >= 0.6 is 0 Å². The maximum atomic E-state index is 12.6. The Kier molecular flexibility index (Phi) is 5.36. The Bertz CT molecular complexity index is 744. The Balaban J connectivity index is 1.50. The second-order valence-electron chi connectivity index (χ2n) is 6.08. The van der Waals surface area contributed by atoms with Crippen LogP contribution < -0.4 is 4.74 Å². The van der Waals surface area contributed by atoms with Gasteiger partial charge in [0, 0.05) is 26.2 Å². The van der Waals surface area contributed by atoms with Crippen molar-refractivity contribution in [3.63, 3.8) is 0 Å². The molecule has 6 heteroatoms. The molecule has 2 aromatic rings. The highest BCUT2D eigenvalue weighted by atomic mass is 16.5. The van der Waals surface area contributed by atoms with E-state index in [4.69, 9.17) is 14.4 Å². The van der Waals surface area contributed by atoms with Crippen LogP contribution in [-0.4, -0.2) is 48.0 Å². The van der Waals surface area contributed by atoms with E-state index in [1.54, 1.807) is 37.5 Å². The Morgan fingerprint density at radius 3 is 2.76 bits per heavy atom. The zero-order chi connectivity index (χ0) is 17.6. The van der Waals surface area contributed by atoms with Crippen LogP contribution in [0, 0.1) is 11.3 Å². The average molecular weight is 339 g/mol. The summed E-state index contributed by atoms with van der Waals surface area (Å²) in [5.41, 5.74) is 0.517. The van der Waals surface area contributed by atoms with Crippen LogP contribution in [0.25, 0.3) is 0 Å². The summed E-state index contributed by atoms with van der Waals surface area (Å²) < 4.78 is 11.1. The minimum atomic E-state index is -0.578. The molecule has 1 aromatic carbocycles. The lowest BCUT2D eigenvalue weighted by atomic mass is 10.2. The van der Waals surface area contributed by atoms with E-state index in [-0.39, 0.29) is 5.91 Å². The van der Waals surface area contributed by atoms with Crippen LogP contribution in [-0.2, 0) is 11.3 Å². The molecule has 25 heavy (non-hydrogen) atoms. The first-order valence-electron chi connectivity index (χ1n) is 8.36. The van der Waals surface area contributed by atoms with Crippen LogP contribution in [0.1, 0.15) is 18.2 Å². The number of rotatable bonds is 5.